The third-order valence-corrected chi connectivity index (χ3v) is 4.13. The van der Waals surface area contributed by atoms with E-state index in [0.29, 0.717) is 12.0 Å². The van der Waals surface area contributed by atoms with Gasteiger partial charge in [0, 0.05) is 6.54 Å². The molecule has 0 spiro atoms. The van der Waals surface area contributed by atoms with Crippen molar-refractivity contribution in [3.05, 3.63) is 18.2 Å². The molecule has 1 aromatic rings. The molecule has 19 heavy (non-hydrogen) atoms. The normalized spacial score (nSPS) is 18.0. The quantitative estimate of drug-likeness (QED) is 0.787. The molecule has 0 unspecified atom stereocenters. The van der Waals surface area contributed by atoms with Gasteiger partial charge < -0.3 is 15.8 Å². The van der Waals surface area contributed by atoms with Gasteiger partial charge in [-0.1, -0.05) is 32.3 Å². The molecule has 0 amide bonds. The van der Waals surface area contributed by atoms with E-state index >= 15 is 0 Å². The maximum atomic E-state index is 6.14. The summed E-state index contributed by atoms with van der Waals surface area (Å²) in [5.41, 5.74) is 8.27. The van der Waals surface area contributed by atoms with E-state index < -0.39 is 0 Å². The van der Waals surface area contributed by atoms with E-state index in [-0.39, 0.29) is 0 Å². The van der Waals surface area contributed by atoms with Crippen LogP contribution in [0, 0.1) is 5.41 Å². The molecule has 0 heterocycles. The number of nitrogens with two attached hydrogens (primary N) is 1. The van der Waals surface area contributed by atoms with Gasteiger partial charge in [-0.25, -0.2) is 0 Å². The van der Waals surface area contributed by atoms with Crippen LogP contribution in [-0.4, -0.2) is 13.2 Å². The van der Waals surface area contributed by atoms with Crippen LogP contribution >= 0.6 is 0 Å². The Bertz CT molecular complexity index is 411. The molecule has 0 aliphatic heterocycles. The first-order valence-electron chi connectivity index (χ1n) is 7.40. The highest BCUT2D eigenvalue weighted by Crippen LogP contribution is 2.37. The number of anilines is 2. The lowest BCUT2D eigenvalue weighted by Crippen LogP contribution is -2.29. The minimum atomic E-state index is 0.409. The topological polar surface area (TPSA) is 47.3 Å². The van der Waals surface area contributed by atoms with E-state index in [4.69, 9.17) is 10.5 Å². The van der Waals surface area contributed by atoms with E-state index in [1.54, 1.807) is 0 Å². The zero-order valence-corrected chi connectivity index (χ0v) is 12.2. The van der Waals surface area contributed by atoms with Gasteiger partial charge in [-0.2, -0.15) is 0 Å². The van der Waals surface area contributed by atoms with Crippen molar-refractivity contribution in [1.82, 2.24) is 0 Å². The molecule has 3 N–H and O–H groups in total. The highest BCUT2D eigenvalue weighted by Gasteiger charge is 2.26. The molecule has 3 nitrogen and oxygen atoms in total. The first kappa shape index (κ1) is 14.0. The summed E-state index contributed by atoms with van der Waals surface area (Å²) in [6, 6.07) is 5.95. The minimum absolute atomic E-state index is 0.409. The third kappa shape index (κ3) is 3.55. The summed E-state index contributed by atoms with van der Waals surface area (Å²) in [5.74, 6) is 0.779. The molecule has 0 saturated heterocycles. The fraction of sp³-hybridized carbons (Fsp3) is 0.625. The molecule has 1 fully saturated rings. The highest BCUT2D eigenvalue weighted by molar-refractivity contribution is 5.72. The van der Waals surface area contributed by atoms with Crippen molar-refractivity contribution in [1.29, 1.82) is 0 Å². The second kappa shape index (κ2) is 6.18. The average molecular weight is 262 g/mol. The average Bonchev–Trinajstić information content (AvgIpc) is 2.41. The summed E-state index contributed by atoms with van der Waals surface area (Å²) >= 11 is 0. The van der Waals surface area contributed by atoms with Gasteiger partial charge in [-0.05, 0) is 37.3 Å². The van der Waals surface area contributed by atoms with Crippen LogP contribution in [0.2, 0.25) is 0 Å². The van der Waals surface area contributed by atoms with E-state index in [9.17, 15) is 0 Å². The van der Waals surface area contributed by atoms with Crippen molar-refractivity contribution in [2.45, 2.75) is 46.0 Å². The Morgan fingerprint density at radius 2 is 2.00 bits per heavy atom. The second-order valence-corrected chi connectivity index (χ2v) is 5.88. The van der Waals surface area contributed by atoms with Gasteiger partial charge in [0.2, 0.25) is 0 Å². The van der Waals surface area contributed by atoms with E-state index in [2.05, 4.69) is 12.2 Å². The monoisotopic (exact) mass is 262 g/mol. The van der Waals surface area contributed by atoms with Crippen molar-refractivity contribution in [3.8, 4) is 5.75 Å². The van der Waals surface area contributed by atoms with Crippen molar-refractivity contribution in [2.75, 3.05) is 24.2 Å². The number of benzene rings is 1. The zero-order valence-electron chi connectivity index (χ0n) is 12.2. The molecule has 106 valence electrons. The van der Waals surface area contributed by atoms with Gasteiger partial charge in [-0.15, -0.1) is 0 Å². The minimum Gasteiger partial charge on any atom is -0.492 e. The Hall–Kier alpha value is -1.38. The van der Waals surface area contributed by atoms with Gasteiger partial charge in [0.1, 0.15) is 5.75 Å². The first-order chi connectivity index (χ1) is 9.14. The van der Waals surface area contributed by atoms with Gasteiger partial charge in [0.05, 0.1) is 18.0 Å². The molecular formula is C16H26N2O. The SMILES string of the molecule is CCOc1cccc(NCC2(C)CCCCC2)c1N. The first-order valence-corrected chi connectivity index (χ1v) is 7.40. The summed E-state index contributed by atoms with van der Waals surface area (Å²) < 4.78 is 5.53. The van der Waals surface area contributed by atoms with Crippen LogP contribution in [-0.2, 0) is 0 Å². The largest absolute Gasteiger partial charge is 0.492 e. The number of hydrogen-bond acceptors (Lipinski definition) is 3. The van der Waals surface area contributed by atoms with Crippen molar-refractivity contribution in [2.24, 2.45) is 5.41 Å². The predicted molar refractivity (Wildman–Crippen MR) is 81.7 cm³/mol. The Morgan fingerprint density at radius 1 is 1.26 bits per heavy atom. The summed E-state index contributed by atoms with van der Waals surface area (Å²) in [4.78, 5) is 0. The highest BCUT2D eigenvalue weighted by atomic mass is 16.5. The zero-order chi connectivity index (χ0) is 13.7. The third-order valence-electron chi connectivity index (χ3n) is 4.13. The predicted octanol–water partition coefficient (Wildman–Crippen LogP) is 4.05. The van der Waals surface area contributed by atoms with Crippen molar-refractivity contribution < 1.29 is 4.74 Å². The molecule has 0 aromatic heterocycles. The summed E-state index contributed by atoms with van der Waals surface area (Å²) in [7, 11) is 0. The molecule has 0 bridgehead atoms. The summed E-state index contributed by atoms with van der Waals surface area (Å²) in [6.07, 6.45) is 6.72. The fourth-order valence-electron chi connectivity index (χ4n) is 2.87. The lowest BCUT2D eigenvalue weighted by atomic mass is 9.76. The Balaban J connectivity index is 2.00. The van der Waals surface area contributed by atoms with Gasteiger partial charge >= 0.3 is 0 Å². The second-order valence-electron chi connectivity index (χ2n) is 5.88. The van der Waals surface area contributed by atoms with E-state index in [1.165, 1.54) is 32.1 Å². The lowest BCUT2D eigenvalue weighted by molar-refractivity contribution is 0.233. The van der Waals surface area contributed by atoms with Crippen molar-refractivity contribution in [3.63, 3.8) is 0 Å². The van der Waals surface area contributed by atoms with Crippen LogP contribution in [0.25, 0.3) is 0 Å². The fourth-order valence-corrected chi connectivity index (χ4v) is 2.87. The summed E-state index contributed by atoms with van der Waals surface area (Å²) in [5, 5.41) is 3.52. The molecule has 1 aliphatic rings. The van der Waals surface area contributed by atoms with E-state index in [1.807, 2.05) is 25.1 Å². The van der Waals surface area contributed by atoms with Crippen LogP contribution in [0.15, 0.2) is 18.2 Å². The van der Waals surface area contributed by atoms with Crippen LogP contribution in [0.3, 0.4) is 0 Å². The van der Waals surface area contributed by atoms with Crippen LogP contribution in [0.4, 0.5) is 11.4 Å². The number of nitrogen functional groups attached to an aromatic ring is 1. The Morgan fingerprint density at radius 3 is 2.68 bits per heavy atom. The van der Waals surface area contributed by atoms with Gasteiger partial charge in [0.15, 0.2) is 0 Å². The molecule has 1 aromatic carbocycles. The Kier molecular flexibility index (Phi) is 4.56. The number of para-hydroxylation sites is 1. The lowest BCUT2D eigenvalue weighted by Gasteiger charge is -2.34. The smallest absolute Gasteiger partial charge is 0.144 e. The van der Waals surface area contributed by atoms with Gasteiger partial charge in [0.25, 0.3) is 0 Å². The van der Waals surface area contributed by atoms with Crippen LogP contribution in [0.5, 0.6) is 5.75 Å². The molecule has 2 rings (SSSR count). The molecule has 0 atom stereocenters. The van der Waals surface area contributed by atoms with Crippen LogP contribution in [0.1, 0.15) is 46.0 Å². The molecule has 0 radical (unpaired) electrons. The maximum absolute atomic E-state index is 6.14. The number of hydrogen-bond donors (Lipinski definition) is 2. The molecule has 1 saturated carbocycles. The van der Waals surface area contributed by atoms with Crippen molar-refractivity contribution >= 4 is 11.4 Å². The molecule has 1 aliphatic carbocycles. The number of rotatable bonds is 5. The number of ether oxygens (including phenoxy) is 1. The van der Waals surface area contributed by atoms with Gasteiger partial charge in [-0.3, -0.25) is 0 Å². The molecule has 3 heteroatoms. The number of nitrogens with one attached hydrogen (secondary N) is 1. The maximum Gasteiger partial charge on any atom is 0.144 e. The van der Waals surface area contributed by atoms with Crippen LogP contribution < -0.4 is 15.8 Å². The standard InChI is InChI=1S/C16H26N2O/c1-3-19-14-9-7-8-13(15(14)17)18-12-16(2)10-5-4-6-11-16/h7-9,18H,3-6,10-12,17H2,1-2H3. The Labute approximate surface area is 116 Å². The molecular weight excluding hydrogens is 236 g/mol. The van der Waals surface area contributed by atoms with E-state index in [0.717, 1.165) is 23.7 Å². The summed E-state index contributed by atoms with van der Waals surface area (Å²) in [6.45, 7) is 5.99.